The number of hydrogen-bond acceptors (Lipinski definition) is 0. The number of aryl methyl sites for hydroxylation is 2. The van der Waals surface area contributed by atoms with Crippen molar-refractivity contribution in [2.24, 2.45) is 12.5 Å². The second-order valence-corrected chi connectivity index (χ2v) is 12.6. The molecule has 0 bridgehead atoms. The van der Waals surface area contributed by atoms with Gasteiger partial charge in [-0.25, -0.2) is 0 Å². The van der Waals surface area contributed by atoms with Crippen LogP contribution in [-0.4, -0.2) is 4.57 Å². The standard InChI is InChI=1S/C39H39N2/c1-27-11-8-9-16-33(27)37-38-34(21-24-40(37)4)35-26-31(29-19-22-39(2,3)23-20-29)17-18-36(35)41(38)32-15-10-14-30(25-32)28-12-6-5-7-13-28/h5-18,21,24-26,29H,19-20,22-23H2,1-4H3/q+1/i29D. The van der Waals surface area contributed by atoms with Gasteiger partial charge in [-0.15, -0.1) is 0 Å². The van der Waals surface area contributed by atoms with Crippen molar-refractivity contribution in [1.82, 2.24) is 4.57 Å². The van der Waals surface area contributed by atoms with E-state index in [-0.39, 0.29) is 0 Å². The van der Waals surface area contributed by atoms with E-state index in [1.54, 1.807) is 0 Å². The van der Waals surface area contributed by atoms with E-state index in [0.717, 1.165) is 36.9 Å². The molecule has 7 rings (SSSR count). The van der Waals surface area contributed by atoms with Gasteiger partial charge in [0.15, 0.2) is 6.20 Å². The Kier molecular flexibility index (Phi) is 6.02. The fourth-order valence-electron chi connectivity index (χ4n) is 6.76. The summed E-state index contributed by atoms with van der Waals surface area (Å²) in [6, 6.07) is 37.3. The SMILES string of the molecule is [2H]C1(c2ccc3c(c2)c2cc[n+](C)c(-c4ccccc4C)c2n3-c2cccc(-c3ccccc3)c2)CCC(C)(C)CC1. The molecule has 0 radical (unpaired) electrons. The highest BCUT2D eigenvalue weighted by Crippen LogP contribution is 2.44. The molecule has 2 aromatic heterocycles. The Morgan fingerprint density at radius 2 is 1.51 bits per heavy atom. The molecule has 0 atom stereocenters. The van der Waals surface area contributed by atoms with E-state index < -0.39 is 5.89 Å². The molecule has 6 aromatic rings. The van der Waals surface area contributed by atoms with Gasteiger partial charge in [0, 0.05) is 23.9 Å². The van der Waals surface area contributed by atoms with E-state index in [4.69, 9.17) is 0 Å². The summed E-state index contributed by atoms with van der Waals surface area (Å²) in [5.74, 6) is -0.538. The topological polar surface area (TPSA) is 8.81 Å². The molecule has 1 aliphatic rings. The van der Waals surface area contributed by atoms with Crippen molar-refractivity contribution in [2.45, 2.75) is 52.3 Å². The number of hydrogen-bond donors (Lipinski definition) is 0. The van der Waals surface area contributed by atoms with E-state index in [1.165, 1.54) is 49.8 Å². The van der Waals surface area contributed by atoms with Gasteiger partial charge >= 0.3 is 0 Å². The number of pyridine rings is 1. The lowest BCUT2D eigenvalue weighted by molar-refractivity contribution is -0.659. The van der Waals surface area contributed by atoms with Crippen molar-refractivity contribution < 1.29 is 5.94 Å². The van der Waals surface area contributed by atoms with Crippen LogP contribution in [0.5, 0.6) is 0 Å². The minimum absolute atomic E-state index is 0.325. The van der Waals surface area contributed by atoms with Crippen molar-refractivity contribution in [2.75, 3.05) is 0 Å². The van der Waals surface area contributed by atoms with Crippen molar-refractivity contribution in [1.29, 1.82) is 0 Å². The Bertz CT molecular complexity index is 1940. The van der Waals surface area contributed by atoms with Crippen molar-refractivity contribution in [3.63, 3.8) is 0 Å². The lowest BCUT2D eigenvalue weighted by Crippen LogP contribution is -2.31. The third kappa shape index (κ3) is 4.56. The molecule has 1 saturated carbocycles. The molecule has 2 heteroatoms. The van der Waals surface area contributed by atoms with Crippen molar-refractivity contribution >= 4 is 21.8 Å². The zero-order valence-electron chi connectivity index (χ0n) is 25.6. The maximum Gasteiger partial charge on any atom is 0.237 e. The van der Waals surface area contributed by atoms with Gasteiger partial charge in [0.05, 0.1) is 11.1 Å². The quantitative estimate of drug-likeness (QED) is 0.198. The van der Waals surface area contributed by atoms with Crippen LogP contribution in [0.2, 0.25) is 0 Å². The molecule has 0 aliphatic heterocycles. The van der Waals surface area contributed by atoms with Gasteiger partial charge in [0.2, 0.25) is 5.69 Å². The molecule has 1 fully saturated rings. The maximum absolute atomic E-state index is 9.54. The fraction of sp³-hybridized carbons (Fsp3) is 0.256. The average Bonchev–Trinajstić information content (AvgIpc) is 3.33. The smallest absolute Gasteiger partial charge is 0.237 e. The van der Waals surface area contributed by atoms with Gasteiger partial charge in [-0.05, 0) is 96.5 Å². The average molecular weight is 537 g/mol. The summed E-state index contributed by atoms with van der Waals surface area (Å²) in [6.45, 7) is 6.89. The van der Waals surface area contributed by atoms with Crippen molar-refractivity contribution in [3.05, 3.63) is 120 Å². The Morgan fingerprint density at radius 3 is 2.29 bits per heavy atom. The molecule has 0 spiro atoms. The first-order valence-electron chi connectivity index (χ1n) is 15.4. The molecule has 0 N–H and O–H groups in total. The molecule has 0 saturated heterocycles. The van der Waals surface area contributed by atoms with Gasteiger partial charge < -0.3 is 4.57 Å². The molecule has 4 aromatic carbocycles. The zero-order valence-corrected chi connectivity index (χ0v) is 24.6. The van der Waals surface area contributed by atoms with Gasteiger partial charge in [0.1, 0.15) is 12.6 Å². The monoisotopic (exact) mass is 536 g/mol. The van der Waals surface area contributed by atoms with Crippen LogP contribution < -0.4 is 4.57 Å². The minimum atomic E-state index is -0.538. The van der Waals surface area contributed by atoms with E-state index >= 15 is 0 Å². The van der Waals surface area contributed by atoms with E-state index in [9.17, 15) is 1.37 Å². The van der Waals surface area contributed by atoms with Crippen LogP contribution in [0.25, 0.3) is 49.9 Å². The first-order chi connectivity index (χ1) is 20.2. The normalized spacial score (nSPS) is 16.6. The lowest BCUT2D eigenvalue weighted by Gasteiger charge is -2.34. The molecular formula is C39H39N2+. The first kappa shape index (κ1) is 24.6. The molecule has 1 aliphatic carbocycles. The molecule has 0 amide bonds. The largest absolute Gasteiger partial charge is 0.303 e. The van der Waals surface area contributed by atoms with Crippen LogP contribution in [0, 0.1) is 12.3 Å². The summed E-state index contributed by atoms with van der Waals surface area (Å²) in [6.07, 6.45) is 6.20. The number of rotatable bonds is 4. The number of aromatic nitrogens is 2. The van der Waals surface area contributed by atoms with E-state index in [1.807, 2.05) is 0 Å². The highest BCUT2D eigenvalue weighted by Gasteiger charge is 2.29. The Balaban J connectivity index is 1.53. The maximum atomic E-state index is 9.54. The molecule has 0 unspecified atom stereocenters. The third-order valence-corrected chi connectivity index (χ3v) is 9.28. The second-order valence-electron chi connectivity index (χ2n) is 12.6. The fourth-order valence-corrected chi connectivity index (χ4v) is 6.76. The summed E-state index contributed by atoms with van der Waals surface area (Å²) in [4.78, 5) is 0. The predicted molar refractivity (Wildman–Crippen MR) is 173 cm³/mol. The van der Waals surface area contributed by atoms with Gasteiger partial charge in [-0.1, -0.05) is 80.6 Å². The first-order valence-corrected chi connectivity index (χ1v) is 14.9. The Labute approximate surface area is 245 Å². The minimum Gasteiger partial charge on any atom is -0.303 e. The molecule has 2 heterocycles. The van der Waals surface area contributed by atoms with Gasteiger partial charge in [-0.2, -0.15) is 4.57 Å². The number of nitrogens with zero attached hydrogens (tertiary/aromatic N) is 2. The third-order valence-electron chi connectivity index (χ3n) is 9.28. The summed E-state index contributed by atoms with van der Waals surface area (Å²) in [5, 5.41) is 2.45. The van der Waals surface area contributed by atoms with Gasteiger partial charge in [-0.3, -0.25) is 0 Å². The predicted octanol–water partition coefficient (Wildman–Crippen LogP) is 9.93. The summed E-state index contributed by atoms with van der Waals surface area (Å²) >= 11 is 0. The summed E-state index contributed by atoms with van der Waals surface area (Å²) in [7, 11) is 2.15. The Morgan fingerprint density at radius 1 is 0.780 bits per heavy atom. The Hall–Kier alpha value is -4.17. The molecular weight excluding hydrogens is 496 g/mol. The zero-order chi connectivity index (χ0) is 29.1. The van der Waals surface area contributed by atoms with Crippen LogP contribution in [0.1, 0.15) is 57.9 Å². The van der Waals surface area contributed by atoms with Crippen LogP contribution >= 0.6 is 0 Å². The molecule has 204 valence electrons. The number of benzene rings is 4. The van der Waals surface area contributed by atoms with Crippen LogP contribution in [0.3, 0.4) is 0 Å². The lowest BCUT2D eigenvalue weighted by atomic mass is 9.71. The van der Waals surface area contributed by atoms with Crippen LogP contribution in [0.4, 0.5) is 0 Å². The van der Waals surface area contributed by atoms with E-state index in [2.05, 4.69) is 146 Å². The molecule has 41 heavy (non-hydrogen) atoms. The van der Waals surface area contributed by atoms with Crippen molar-refractivity contribution in [3.8, 4) is 28.1 Å². The van der Waals surface area contributed by atoms with Crippen LogP contribution in [0.15, 0.2) is 109 Å². The van der Waals surface area contributed by atoms with E-state index in [0.29, 0.717) is 5.41 Å². The number of fused-ring (bicyclic) bond motifs is 3. The highest BCUT2D eigenvalue weighted by molar-refractivity contribution is 6.12. The second kappa shape index (κ2) is 10.0. The molecule has 2 nitrogen and oxygen atoms in total. The highest BCUT2D eigenvalue weighted by atomic mass is 15.0. The van der Waals surface area contributed by atoms with Gasteiger partial charge in [0.25, 0.3) is 0 Å². The van der Waals surface area contributed by atoms with Crippen LogP contribution in [-0.2, 0) is 7.05 Å². The summed E-state index contributed by atoms with van der Waals surface area (Å²) < 4.78 is 14.3. The summed E-state index contributed by atoms with van der Waals surface area (Å²) in [5.41, 5.74) is 11.1.